The van der Waals surface area contributed by atoms with Crippen molar-refractivity contribution in [1.82, 2.24) is 4.72 Å². The van der Waals surface area contributed by atoms with Crippen molar-refractivity contribution in [3.8, 4) is 11.5 Å². The zero-order valence-electron chi connectivity index (χ0n) is 14.6. The van der Waals surface area contributed by atoms with Gasteiger partial charge in [0.15, 0.2) is 0 Å². The number of nitro groups is 1. The molecule has 1 N–H and O–H groups in total. The third-order valence-electron chi connectivity index (χ3n) is 3.60. The van der Waals surface area contributed by atoms with Crippen LogP contribution in [0.4, 0.5) is 5.69 Å². The van der Waals surface area contributed by atoms with E-state index in [1.807, 2.05) is 0 Å². The first-order chi connectivity index (χ1) is 12.2. The fourth-order valence-electron chi connectivity index (χ4n) is 2.21. The van der Waals surface area contributed by atoms with Gasteiger partial charge in [-0.2, -0.15) is 0 Å². The smallest absolute Gasteiger partial charge is 0.273 e. The van der Waals surface area contributed by atoms with E-state index in [-0.39, 0.29) is 17.2 Å². The molecule has 0 bridgehead atoms. The Morgan fingerprint density at radius 3 is 2.35 bits per heavy atom. The number of benzene rings is 2. The molecule has 0 aromatic heterocycles. The first-order valence-electron chi connectivity index (χ1n) is 7.77. The molecule has 26 heavy (non-hydrogen) atoms. The quantitative estimate of drug-likeness (QED) is 0.557. The van der Waals surface area contributed by atoms with Gasteiger partial charge in [0.2, 0.25) is 10.0 Å². The summed E-state index contributed by atoms with van der Waals surface area (Å²) in [7, 11) is -2.34. The minimum absolute atomic E-state index is 0.0967. The van der Waals surface area contributed by atoms with Gasteiger partial charge in [-0.1, -0.05) is 6.07 Å². The third-order valence-corrected chi connectivity index (χ3v) is 5.19. The van der Waals surface area contributed by atoms with Crippen molar-refractivity contribution >= 4 is 15.7 Å². The highest BCUT2D eigenvalue weighted by molar-refractivity contribution is 7.89. The van der Waals surface area contributed by atoms with Crippen LogP contribution >= 0.6 is 0 Å². The van der Waals surface area contributed by atoms with E-state index < -0.39 is 21.0 Å². The average Bonchev–Trinajstić information content (AvgIpc) is 2.60. The molecule has 140 valence electrons. The van der Waals surface area contributed by atoms with Crippen LogP contribution in [-0.2, 0) is 10.0 Å². The zero-order chi connectivity index (χ0) is 19.3. The Morgan fingerprint density at radius 2 is 1.77 bits per heavy atom. The Bertz CT molecular complexity index is 881. The van der Waals surface area contributed by atoms with Crippen molar-refractivity contribution in [3.63, 3.8) is 0 Å². The van der Waals surface area contributed by atoms with Crippen LogP contribution in [0.25, 0.3) is 0 Å². The molecule has 0 fully saturated rings. The van der Waals surface area contributed by atoms with Gasteiger partial charge in [0.25, 0.3) is 5.69 Å². The van der Waals surface area contributed by atoms with Gasteiger partial charge >= 0.3 is 0 Å². The van der Waals surface area contributed by atoms with Crippen LogP contribution in [-0.4, -0.2) is 33.1 Å². The number of methoxy groups -OCH3 is 1. The second kappa shape index (κ2) is 8.15. The molecule has 2 rings (SSSR count). The molecule has 0 aliphatic rings. The fourth-order valence-corrected chi connectivity index (χ4v) is 3.46. The Morgan fingerprint density at radius 1 is 1.15 bits per heavy atom. The molecule has 0 unspecified atom stereocenters. The highest BCUT2D eigenvalue weighted by Gasteiger charge is 2.21. The molecular formula is C17H20N2O6S. The number of nitrogens with one attached hydrogen (secondary N) is 1. The second-order valence-electron chi connectivity index (χ2n) is 5.71. The lowest BCUT2D eigenvalue weighted by Gasteiger charge is -2.15. The standard InChI is InChI=1S/C17H20N2O6S/c1-12-4-9-16(10-17(12)19(20)21)26(22,23)18-13(2)11-25-15-7-5-14(24-3)6-8-15/h4-10,13,18H,11H2,1-3H3/t13-/m0/s1. The van der Waals surface area contributed by atoms with Gasteiger partial charge in [0.05, 0.1) is 23.0 Å². The molecule has 2 aromatic carbocycles. The van der Waals surface area contributed by atoms with E-state index in [1.54, 1.807) is 45.2 Å². The van der Waals surface area contributed by atoms with Crippen molar-refractivity contribution < 1.29 is 22.8 Å². The van der Waals surface area contributed by atoms with Crippen LogP contribution in [0.15, 0.2) is 47.4 Å². The number of hydrogen-bond acceptors (Lipinski definition) is 6. The lowest BCUT2D eigenvalue weighted by Crippen LogP contribution is -2.36. The largest absolute Gasteiger partial charge is 0.497 e. The molecule has 2 aromatic rings. The predicted molar refractivity (Wildman–Crippen MR) is 96.1 cm³/mol. The van der Waals surface area contributed by atoms with Crippen LogP contribution in [0.2, 0.25) is 0 Å². The summed E-state index contributed by atoms with van der Waals surface area (Å²) in [5.41, 5.74) is 0.153. The lowest BCUT2D eigenvalue weighted by molar-refractivity contribution is -0.385. The van der Waals surface area contributed by atoms with Gasteiger partial charge in [-0.25, -0.2) is 13.1 Å². The van der Waals surface area contributed by atoms with E-state index in [1.165, 1.54) is 12.1 Å². The Hall–Kier alpha value is -2.65. The second-order valence-corrected chi connectivity index (χ2v) is 7.43. The van der Waals surface area contributed by atoms with Gasteiger partial charge in [-0.05, 0) is 44.2 Å². The minimum Gasteiger partial charge on any atom is -0.497 e. The Balaban J connectivity index is 2.03. The maximum Gasteiger partial charge on any atom is 0.273 e. The average molecular weight is 380 g/mol. The van der Waals surface area contributed by atoms with Crippen LogP contribution in [0, 0.1) is 17.0 Å². The maximum atomic E-state index is 12.4. The van der Waals surface area contributed by atoms with Crippen molar-refractivity contribution in [2.45, 2.75) is 24.8 Å². The summed E-state index contributed by atoms with van der Waals surface area (Å²) in [4.78, 5) is 10.2. The number of nitro benzene ring substituents is 1. The van der Waals surface area contributed by atoms with Crippen LogP contribution in [0.5, 0.6) is 11.5 Å². The van der Waals surface area contributed by atoms with E-state index in [0.717, 1.165) is 6.07 Å². The Kier molecular flexibility index (Phi) is 6.17. The van der Waals surface area contributed by atoms with Crippen LogP contribution in [0.1, 0.15) is 12.5 Å². The number of rotatable bonds is 8. The highest BCUT2D eigenvalue weighted by atomic mass is 32.2. The number of hydrogen-bond donors (Lipinski definition) is 1. The number of aryl methyl sites for hydroxylation is 1. The van der Waals surface area contributed by atoms with E-state index in [0.29, 0.717) is 17.1 Å². The molecule has 0 saturated heterocycles. The lowest BCUT2D eigenvalue weighted by atomic mass is 10.2. The fraction of sp³-hybridized carbons (Fsp3) is 0.294. The van der Waals surface area contributed by atoms with Crippen molar-refractivity contribution in [2.24, 2.45) is 0 Å². The SMILES string of the molecule is COc1ccc(OC[C@H](C)NS(=O)(=O)c2ccc(C)c([N+](=O)[O-])c2)cc1. The van der Waals surface area contributed by atoms with Gasteiger partial charge in [-0.15, -0.1) is 0 Å². The molecule has 0 saturated carbocycles. The molecule has 0 aliphatic heterocycles. The summed E-state index contributed by atoms with van der Waals surface area (Å²) < 4.78 is 37.9. The third kappa shape index (κ3) is 4.93. The molecule has 1 atom stereocenters. The summed E-state index contributed by atoms with van der Waals surface area (Å²) in [5.74, 6) is 1.26. The van der Waals surface area contributed by atoms with E-state index in [2.05, 4.69) is 4.72 Å². The topological polar surface area (TPSA) is 108 Å². The number of sulfonamides is 1. The monoisotopic (exact) mass is 380 g/mol. The summed E-state index contributed by atoms with van der Waals surface area (Å²) in [6.45, 7) is 3.29. The molecule has 0 amide bonds. The number of ether oxygens (including phenoxy) is 2. The normalized spacial score (nSPS) is 12.4. The first kappa shape index (κ1) is 19.7. The van der Waals surface area contributed by atoms with Crippen LogP contribution < -0.4 is 14.2 Å². The predicted octanol–water partition coefficient (Wildman–Crippen LogP) is 2.66. The molecule has 0 heterocycles. The van der Waals surface area contributed by atoms with Gasteiger partial charge in [0.1, 0.15) is 18.1 Å². The summed E-state index contributed by atoms with van der Waals surface area (Å²) in [5, 5.41) is 11.0. The van der Waals surface area contributed by atoms with E-state index >= 15 is 0 Å². The Labute approximate surface area is 152 Å². The number of nitrogens with zero attached hydrogens (tertiary/aromatic N) is 1. The van der Waals surface area contributed by atoms with Crippen molar-refractivity contribution in [1.29, 1.82) is 0 Å². The molecule has 8 nitrogen and oxygen atoms in total. The molecule has 0 aliphatic carbocycles. The van der Waals surface area contributed by atoms with Crippen LogP contribution in [0.3, 0.4) is 0 Å². The molecule has 9 heteroatoms. The van der Waals surface area contributed by atoms with E-state index in [4.69, 9.17) is 9.47 Å². The van der Waals surface area contributed by atoms with Crippen molar-refractivity contribution in [2.75, 3.05) is 13.7 Å². The summed E-state index contributed by atoms with van der Waals surface area (Å²) >= 11 is 0. The zero-order valence-corrected chi connectivity index (χ0v) is 15.4. The molecule has 0 radical (unpaired) electrons. The van der Waals surface area contributed by atoms with Crippen molar-refractivity contribution in [3.05, 3.63) is 58.1 Å². The maximum absolute atomic E-state index is 12.4. The van der Waals surface area contributed by atoms with Gasteiger partial charge in [-0.3, -0.25) is 10.1 Å². The first-order valence-corrected chi connectivity index (χ1v) is 9.25. The minimum atomic E-state index is -3.90. The summed E-state index contributed by atoms with van der Waals surface area (Å²) in [6, 6.07) is 10.1. The van der Waals surface area contributed by atoms with E-state index in [9.17, 15) is 18.5 Å². The van der Waals surface area contributed by atoms with Gasteiger partial charge < -0.3 is 9.47 Å². The molecular weight excluding hydrogens is 360 g/mol. The van der Waals surface area contributed by atoms with Gasteiger partial charge in [0, 0.05) is 11.6 Å². The summed E-state index contributed by atoms with van der Waals surface area (Å²) in [6.07, 6.45) is 0. The molecule has 0 spiro atoms. The highest BCUT2D eigenvalue weighted by Crippen LogP contribution is 2.22.